The van der Waals surface area contributed by atoms with E-state index in [0.717, 1.165) is 12.5 Å². The van der Waals surface area contributed by atoms with Crippen molar-refractivity contribution < 1.29 is 0 Å². The summed E-state index contributed by atoms with van der Waals surface area (Å²) in [7, 11) is 0. The van der Waals surface area contributed by atoms with Gasteiger partial charge in [-0.2, -0.15) is 0 Å². The minimum Gasteiger partial charge on any atom is -0.306 e. The zero-order valence-corrected chi connectivity index (χ0v) is 13.0. The van der Waals surface area contributed by atoms with Crippen LogP contribution in [0.3, 0.4) is 0 Å². The second kappa shape index (κ2) is 3.85. The van der Waals surface area contributed by atoms with Gasteiger partial charge in [0, 0.05) is 17.0 Å². The summed E-state index contributed by atoms with van der Waals surface area (Å²) in [4.78, 5) is 1.49. The minimum atomic E-state index is 0.451. The van der Waals surface area contributed by atoms with Crippen LogP contribution in [0.15, 0.2) is 17.5 Å². The van der Waals surface area contributed by atoms with Gasteiger partial charge >= 0.3 is 0 Å². The lowest BCUT2D eigenvalue weighted by atomic mass is 9.43. The molecule has 19 heavy (non-hydrogen) atoms. The van der Waals surface area contributed by atoms with Crippen molar-refractivity contribution in [3.63, 3.8) is 0 Å². The van der Waals surface area contributed by atoms with Crippen molar-refractivity contribution in [2.75, 3.05) is 0 Å². The van der Waals surface area contributed by atoms with E-state index in [2.05, 4.69) is 36.7 Å². The van der Waals surface area contributed by atoms with Gasteiger partial charge in [-0.3, -0.25) is 0 Å². The summed E-state index contributed by atoms with van der Waals surface area (Å²) < 4.78 is 0. The van der Waals surface area contributed by atoms with Gasteiger partial charge in [0.25, 0.3) is 0 Å². The molecule has 2 atom stereocenters. The SMILES string of the molecule is CC12CC3CC(C)(C1)CC(NCc1cccs1)(C3)C2. The number of hydrogen-bond donors (Lipinski definition) is 1. The van der Waals surface area contributed by atoms with Crippen LogP contribution in [0, 0.1) is 16.7 Å². The van der Waals surface area contributed by atoms with E-state index >= 15 is 0 Å². The third kappa shape index (κ3) is 2.08. The van der Waals surface area contributed by atoms with Gasteiger partial charge in [-0.25, -0.2) is 0 Å². The lowest BCUT2D eigenvalue weighted by Crippen LogP contribution is -2.63. The van der Waals surface area contributed by atoms with Crippen molar-refractivity contribution in [3.05, 3.63) is 22.4 Å². The van der Waals surface area contributed by atoms with Crippen molar-refractivity contribution in [2.45, 2.75) is 64.5 Å². The Balaban J connectivity index is 1.57. The largest absolute Gasteiger partial charge is 0.306 e. The fourth-order valence-electron chi connectivity index (χ4n) is 6.33. The maximum atomic E-state index is 3.99. The minimum absolute atomic E-state index is 0.451. The van der Waals surface area contributed by atoms with Crippen LogP contribution in [0.4, 0.5) is 0 Å². The van der Waals surface area contributed by atoms with E-state index in [1.54, 1.807) is 0 Å². The summed E-state index contributed by atoms with van der Waals surface area (Å²) in [5.41, 5.74) is 1.69. The quantitative estimate of drug-likeness (QED) is 0.851. The summed E-state index contributed by atoms with van der Waals surface area (Å²) in [6.07, 6.45) is 8.72. The Morgan fingerprint density at radius 1 is 1.16 bits per heavy atom. The van der Waals surface area contributed by atoms with Gasteiger partial charge in [-0.1, -0.05) is 19.9 Å². The molecule has 0 aliphatic heterocycles. The first-order chi connectivity index (χ1) is 8.99. The summed E-state index contributed by atoms with van der Waals surface area (Å²) in [6, 6.07) is 4.44. The Labute approximate surface area is 120 Å². The highest BCUT2D eigenvalue weighted by Gasteiger charge is 2.59. The first kappa shape index (κ1) is 12.4. The lowest BCUT2D eigenvalue weighted by molar-refractivity contribution is -0.118. The monoisotopic (exact) mass is 275 g/mol. The highest BCUT2D eigenvalue weighted by Crippen LogP contribution is 2.66. The van der Waals surface area contributed by atoms with E-state index in [1.165, 1.54) is 43.4 Å². The highest BCUT2D eigenvalue weighted by atomic mass is 32.1. The highest BCUT2D eigenvalue weighted by molar-refractivity contribution is 7.09. The zero-order chi connectivity index (χ0) is 13.1. The summed E-state index contributed by atoms with van der Waals surface area (Å²) in [6.45, 7) is 6.19. The van der Waals surface area contributed by atoms with E-state index in [1.807, 2.05) is 11.3 Å². The molecule has 2 unspecified atom stereocenters. The third-order valence-corrected chi connectivity index (χ3v) is 6.72. The summed E-state index contributed by atoms with van der Waals surface area (Å²) >= 11 is 1.89. The molecule has 4 aliphatic carbocycles. The van der Waals surface area contributed by atoms with E-state index in [0.29, 0.717) is 16.4 Å². The summed E-state index contributed by atoms with van der Waals surface area (Å²) in [5.74, 6) is 0.988. The molecule has 5 rings (SSSR count). The number of nitrogens with one attached hydrogen (secondary N) is 1. The molecule has 1 N–H and O–H groups in total. The van der Waals surface area contributed by atoms with Crippen LogP contribution < -0.4 is 5.32 Å². The smallest absolute Gasteiger partial charge is 0.0304 e. The van der Waals surface area contributed by atoms with E-state index in [9.17, 15) is 0 Å². The first-order valence-corrected chi connectivity index (χ1v) is 8.64. The van der Waals surface area contributed by atoms with E-state index < -0.39 is 0 Å². The maximum Gasteiger partial charge on any atom is 0.0304 e. The third-order valence-electron chi connectivity index (χ3n) is 5.84. The topological polar surface area (TPSA) is 12.0 Å². The van der Waals surface area contributed by atoms with Crippen molar-refractivity contribution in [1.29, 1.82) is 0 Å². The lowest BCUT2D eigenvalue weighted by Gasteiger charge is -2.65. The van der Waals surface area contributed by atoms with E-state index in [-0.39, 0.29) is 0 Å². The molecule has 104 valence electrons. The number of hydrogen-bond acceptors (Lipinski definition) is 2. The van der Waals surface area contributed by atoms with Gasteiger partial charge < -0.3 is 5.32 Å². The fourth-order valence-corrected chi connectivity index (χ4v) is 6.98. The average molecular weight is 275 g/mol. The number of thiophene rings is 1. The van der Waals surface area contributed by atoms with Gasteiger partial charge in [0.1, 0.15) is 0 Å². The van der Waals surface area contributed by atoms with Crippen molar-refractivity contribution in [2.24, 2.45) is 16.7 Å². The molecule has 4 aliphatic rings. The molecular weight excluding hydrogens is 250 g/mol. The molecule has 0 aromatic carbocycles. The molecule has 4 fully saturated rings. The fraction of sp³-hybridized carbons (Fsp3) is 0.765. The Bertz CT molecular complexity index is 459. The van der Waals surface area contributed by atoms with Crippen molar-refractivity contribution >= 4 is 11.3 Å². The molecule has 0 radical (unpaired) electrons. The molecule has 0 saturated heterocycles. The van der Waals surface area contributed by atoms with Crippen LogP contribution in [-0.4, -0.2) is 5.54 Å². The van der Waals surface area contributed by atoms with Gasteiger partial charge in [-0.15, -0.1) is 11.3 Å². The van der Waals surface area contributed by atoms with Crippen LogP contribution in [0.25, 0.3) is 0 Å². The molecule has 0 spiro atoms. The van der Waals surface area contributed by atoms with Gasteiger partial charge in [0.2, 0.25) is 0 Å². The summed E-state index contributed by atoms with van der Waals surface area (Å²) in [5, 5.41) is 6.18. The Kier molecular flexibility index (Phi) is 2.52. The molecule has 2 heteroatoms. The molecule has 0 amide bonds. The predicted molar refractivity (Wildman–Crippen MR) is 81.3 cm³/mol. The first-order valence-electron chi connectivity index (χ1n) is 7.76. The average Bonchev–Trinajstić information content (AvgIpc) is 2.73. The second-order valence-corrected chi connectivity index (χ2v) is 9.38. The maximum absolute atomic E-state index is 3.99. The molecule has 1 heterocycles. The van der Waals surface area contributed by atoms with Crippen LogP contribution in [-0.2, 0) is 6.54 Å². The molecule has 4 saturated carbocycles. The van der Waals surface area contributed by atoms with Crippen LogP contribution in [0.2, 0.25) is 0 Å². The van der Waals surface area contributed by atoms with Gasteiger partial charge in [0.05, 0.1) is 0 Å². The van der Waals surface area contributed by atoms with Crippen LogP contribution in [0.5, 0.6) is 0 Å². The van der Waals surface area contributed by atoms with Crippen LogP contribution >= 0.6 is 11.3 Å². The Hall–Kier alpha value is -0.340. The van der Waals surface area contributed by atoms with Gasteiger partial charge in [0.15, 0.2) is 0 Å². The molecule has 4 bridgehead atoms. The molecule has 1 aromatic rings. The normalized spacial score (nSPS) is 47.8. The van der Waals surface area contributed by atoms with Crippen molar-refractivity contribution in [3.8, 4) is 0 Å². The van der Waals surface area contributed by atoms with Crippen molar-refractivity contribution in [1.82, 2.24) is 5.32 Å². The van der Waals surface area contributed by atoms with Crippen LogP contribution in [0.1, 0.15) is 57.2 Å². The van der Waals surface area contributed by atoms with E-state index in [4.69, 9.17) is 0 Å². The Morgan fingerprint density at radius 3 is 2.47 bits per heavy atom. The standard InChI is InChI=1S/C17H25NS/c1-15-6-13-7-16(2,10-15)12-17(8-13,11-15)18-9-14-4-3-5-19-14/h3-5,13,18H,6-12H2,1-2H3. The zero-order valence-electron chi connectivity index (χ0n) is 12.2. The molecule has 1 nitrogen and oxygen atoms in total. The number of rotatable bonds is 3. The van der Waals surface area contributed by atoms with Gasteiger partial charge in [-0.05, 0) is 66.7 Å². The molecule has 1 aromatic heterocycles. The molecular formula is C17H25NS. The Morgan fingerprint density at radius 2 is 1.89 bits per heavy atom. The second-order valence-electron chi connectivity index (χ2n) is 8.34. The predicted octanol–water partition coefficient (Wildman–Crippen LogP) is 4.59.